The summed E-state index contributed by atoms with van der Waals surface area (Å²) in [6.45, 7) is 1.86. The fourth-order valence-electron chi connectivity index (χ4n) is 2.93. The Bertz CT molecular complexity index is 485. The topological polar surface area (TPSA) is 46.6 Å². The first-order valence-electron chi connectivity index (χ1n) is 6.73. The summed E-state index contributed by atoms with van der Waals surface area (Å²) in [5.41, 5.74) is 0.578. The summed E-state index contributed by atoms with van der Waals surface area (Å²) in [5, 5.41) is 0. The Morgan fingerprint density at radius 1 is 1.32 bits per heavy atom. The van der Waals surface area contributed by atoms with Gasteiger partial charge in [-0.15, -0.1) is 0 Å². The Labute approximate surface area is 112 Å². The van der Waals surface area contributed by atoms with Gasteiger partial charge >= 0.3 is 5.97 Å². The predicted molar refractivity (Wildman–Crippen MR) is 69.8 cm³/mol. The zero-order valence-electron chi connectivity index (χ0n) is 10.7. The fourth-order valence-corrected chi connectivity index (χ4v) is 2.93. The zero-order chi connectivity index (χ0) is 13.2. The van der Waals surface area contributed by atoms with E-state index in [9.17, 15) is 9.59 Å². The second-order valence-corrected chi connectivity index (χ2v) is 5.28. The Balaban J connectivity index is 1.56. The maximum Gasteiger partial charge on any atom is 0.338 e. The average Bonchev–Trinajstić information content (AvgIpc) is 2.46. The van der Waals surface area contributed by atoms with E-state index in [2.05, 4.69) is 4.90 Å². The van der Waals surface area contributed by atoms with E-state index in [1.54, 1.807) is 12.1 Å². The molecule has 1 aromatic carbocycles. The molecule has 3 heterocycles. The summed E-state index contributed by atoms with van der Waals surface area (Å²) in [7, 11) is 0. The first-order chi connectivity index (χ1) is 9.24. The van der Waals surface area contributed by atoms with Gasteiger partial charge < -0.3 is 4.74 Å². The van der Waals surface area contributed by atoms with E-state index in [4.69, 9.17) is 4.74 Å². The highest BCUT2D eigenvalue weighted by atomic mass is 16.5. The second kappa shape index (κ2) is 5.13. The standard InChI is InChI=1S/C15H17NO3/c17-14-9-16-7-6-12(14)8-13(16)10-19-15(18)11-4-2-1-3-5-11/h1-5,12-13H,6-10H2/t12-,13-/m1/s1. The molecular formula is C15H17NO3. The van der Waals surface area contributed by atoms with Crippen molar-refractivity contribution >= 4 is 11.8 Å². The zero-order valence-corrected chi connectivity index (χ0v) is 10.7. The molecule has 4 rings (SSSR count). The minimum absolute atomic E-state index is 0.186. The maximum atomic E-state index is 11.9. The van der Waals surface area contributed by atoms with E-state index < -0.39 is 0 Å². The molecule has 0 amide bonds. The average molecular weight is 259 g/mol. The fraction of sp³-hybridized carbons (Fsp3) is 0.467. The van der Waals surface area contributed by atoms with Crippen molar-refractivity contribution in [2.75, 3.05) is 19.7 Å². The van der Waals surface area contributed by atoms with Crippen LogP contribution in [0.1, 0.15) is 23.2 Å². The number of carbonyl (C=O) groups is 2. The molecule has 0 radical (unpaired) electrons. The van der Waals surface area contributed by atoms with Crippen molar-refractivity contribution < 1.29 is 14.3 Å². The predicted octanol–water partition coefficient (Wildman–Crippen LogP) is 1.51. The van der Waals surface area contributed by atoms with E-state index in [0.717, 1.165) is 19.4 Å². The van der Waals surface area contributed by atoms with Gasteiger partial charge in [0.15, 0.2) is 0 Å². The Kier molecular flexibility index (Phi) is 3.34. The molecule has 100 valence electrons. The Hall–Kier alpha value is -1.68. The first kappa shape index (κ1) is 12.4. The molecule has 1 aromatic rings. The number of hydrogen-bond acceptors (Lipinski definition) is 4. The minimum Gasteiger partial charge on any atom is -0.460 e. The van der Waals surface area contributed by atoms with Crippen molar-refractivity contribution in [3.05, 3.63) is 35.9 Å². The van der Waals surface area contributed by atoms with Crippen LogP contribution in [-0.2, 0) is 9.53 Å². The summed E-state index contributed by atoms with van der Waals surface area (Å²) in [5.74, 6) is 0.247. The molecule has 0 saturated carbocycles. The number of ketones is 1. The molecule has 0 aliphatic carbocycles. The van der Waals surface area contributed by atoms with Crippen molar-refractivity contribution in [3.8, 4) is 0 Å². The smallest absolute Gasteiger partial charge is 0.338 e. The van der Waals surface area contributed by atoms with Crippen molar-refractivity contribution in [2.24, 2.45) is 5.92 Å². The van der Waals surface area contributed by atoms with Gasteiger partial charge in [0.05, 0.1) is 12.1 Å². The van der Waals surface area contributed by atoms with Gasteiger partial charge in [-0.05, 0) is 31.5 Å². The monoisotopic (exact) mass is 259 g/mol. The summed E-state index contributed by atoms with van der Waals surface area (Å²) in [6.07, 6.45) is 1.79. The summed E-state index contributed by atoms with van der Waals surface area (Å²) >= 11 is 0. The van der Waals surface area contributed by atoms with Gasteiger partial charge in [-0.25, -0.2) is 4.79 Å². The molecule has 3 aliphatic rings. The molecule has 4 heteroatoms. The second-order valence-electron chi connectivity index (χ2n) is 5.28. The Morgan fingerprint density at radius 3 is 2.74 bits per heavy atom. The highest BCUT2D eigenvalue weighted by Gasteiger charge is 2.39. The number of hydrogen-bond donors (Lipinski definition) is 0. The first-order valence-corrected chi connectivity index (χ1v) is 6.73. The molecule has 0 spiro atoms. The van der Waals surface area contributed by atoms with Crippen LogP contribution in [0.5, 0.6) is 0 Å². The maximum absolute atomic E-state index is 11.9. The largest absolute Gasteiger partial charge is 0.460 e. The molecular weight excluding hydrogens is 242 g/mol. The number of rotatable bonds is 3. The van der Waals surface area contributed by atoms with Crippen LogP contribution in [0.3, 0.4) is 0 Å². The van der Waals surface area contributed by atoms with Crippen LogP contribution < -0.4 is 0 Å². The van der Waals surface area contributed by atoms with E-state index in [-0.39, 0.29) is 17.9 Å². The van der Waals surface area contributed by atoms with Crippen LogP contribution in [-0.4, -0.2) is 42.4 Å². The van der Waals surface area contributed by atoms with E-state index in [1.807, 2.05) is 18.2 Å². The van der Waals surface area contributed by atoms with Gasteiger partial charge in [-0.3, -0.25) is 9.69 Å². The lowest BCUT2D eigenvalue weighted by Gasteiger charge is -2.43. The van der Waals surface area contributed by atoms with Crippen LogP contribution in [0.15, 0.2) is 30.3 Å². The summed E-state index contributed by atoms with van der Waals surface area (Å²) in [6, 6.07) is 9.22. The number of benzene rings is 1. The molecule has 3 atom stereocenters. The van der Waals surface area contributed by atoms with Crippen LogP contribution in [0.2, 0.25) is 0 Å². The number of ether oxygens (including phenoxy) is 1. The quantitative estimate of drug-likeness (QED) is 0.772. The van der Waals surface area contributed by atoms with Gasteiger partial charge in [-0.1, -0.05) is 18.2 Å². The van der Waals surface area contributed by atoms with Crippen molar-refractivity contribution in [2.45, 2.75) is 18.9 Å². The normalized spacial score (nSPS) is 29.3. The number of esters is 1. The molecule has 3 aliphatic heterocycles. The third-order valence-corrected chi connectivity index (χ3v) is 4.07. The number of fused-ring (bicyclic) bond motifs is 3. The molecule has 0 aromatic heterocycles. The highest BCUT2D eigenvalue weighted by molar-refractivity contribution is 5.89. The van der Waals surface area contributed by atoms with Gasteiger partial charge in [0.2, 0.25) is 0 Å². The van der Waals surface area contributed by atoms with Crippen LogP contribution in [0, 0.1) is 5.92 Å². The summed E-state index contributed by atoms with van der Waals surface area (Å²) < 4.78 is 5.36. The van der Waals surface area contributed by atoms with Gasteiger partial charge in [0.1, 0.15) is 12.4 Å². The molecule has 1 unspecified atom stereocenters. The van der Waals surface area contributed by atoms with Gasteiger partial charge in [-0.2, -0.15) is 0 Å². The van der Waals surface area contributed by atoms with Crippen molar-refractivity contribution in [3.63, 3.8) is 0 Å². The van der Waals surface area contributed by atoms with E-state index in [0.29, 0.717) is 24.5 Å². The number of piperidine rings is 3. The third kappa shape index (κ3) is 2.54. The number of Topliss-reactive ketones (excluding diaryl/α,β-unsaturated/α-hetero) is 1. The van der Waals surface area contributed by atoms with Gasteiger partial charge in [0.25, 0.3) is 0 Å². The molecule has 3 fully saturated rings. The van der Waals surface area contributed by atoms with Crippen LogP contribution >= 0.6 is 0 Å². The SMILES string of the molecule is O=C(OC[C@H]1C[C@H]2CCN1CC2=O)c1ccccc1. The number of nitrogens with zero attached hydrogens (tertiary/aromatic N) is 1. The van der Waals surface area contributed by atoms with E-state index in [1.165, 1.54) is 0 Å². The summed E-state index contributed by atoms with van der Waals surface area (Å²) in [4.78, 5) is 25.6. The molecule has 3 saturated heterocycles. The lowest BCUT2D eigenvalue weighted by molar-refractivity contribution is -0.134. The van der Waals surface area contributed by atoms with Crippen LogP contribution in [0.4, 0.5) is 0 Å². The minimum atomic E-state index is -0.283. The molecule has 19 heavy (non-hydrogen) atoms. The lowest BCUT2D eigenvalue weighted by atomic mass is 9.82. The molecule has 2 bridgehead atoms. The van der Waals surface area contributed by atoms with Crippen molar-refractivity contribution in [1.29, 1.82) is 0 Å². The van der Waals surface area contributed by atoms with Crippen LogP contribution in [0.25, 0.3) is 0 Å². The molecule has 0 N–H and O–H groups in total. The third-order valence-electron chi connectivity index (χ3n) is 4.07. The highest BCUT2D eigenvalue weighted by Crippen LogP contribution is 2.29. The van der Waals surface area contributed by atoms with Crippen molar-refractivity contribution in [1.82, 2.24) is 4.90 Å². The molecule has 4 nitrogen and oxygen atoms in total. The lowest BCUT2D eigenvalue weighted by Crippen LogP contribution is -2.55. The number of carbonyl (C=O) groups excluding carboxylic acids is 2. The van der Waals surface area contributed by atoms with E-state index >= 15 is 0 Å². The Morgan fingerprint density at radius 2 is 2.11 bits per heavy atom. The van der Waals surface area contributed by atoms with Gasteiger partial charge in [0, 0.05) is 12.0 Å².